The summed E-state index contributed by atoms with van der Waals surface area (Å²) in [5.41, 5.74) is 2.61. The normalized spacial score (nSPS) is 41.4. The number of aliphatic hydroxyl groups excluding tert-OH is 3. The minimum absolute atomic E-state index is 0.116. The number of rotatable bonds is 5. The second-order valence-electron chi connectivity index (χ2n) is 13.0. The number of hydrogen-bond donors (Lipinski definition) is 3. The second-order valence-corrected chi connectivity index (χ2v) is 13.0. The lowest BCUT2D eigenvalue weighted by molar-refractivity contribution is -0.324. The Labute approximate surface area is 253 Å². The van der Waals surface area contributed by atoms with E-state index >= 15 is 0 Å². The summed E-state index contributed by atoms with van der Waals surface area (Å²) in [6.07, 6.45) is 11.5. The Hall–Kier alpha value is -2.03. The fourth-order valence-electron chi connectivity index (χ4n) is 6.23. The minimum Gasteiger partial charge on any atom is -0.459 e. The van der Waals surface area contributed by atoms with Crippen LogP contribution in [-0.4, -0.2) is 63.7 Å². The SMILES string of the molecule is CCC1C/C=C(C)/C=C(\C)C(OC2OC(C)(C)C(C3CC3)C(O)C2O)C(CC)/C=C(\C)C(O)C/C=C/C=C(\C)C(=O)O1. The van der Waals surface area contributed by atoms with Gasteiger partial charge in [-0.2, -0.15) is 0 Å². The number of carbonyl (C=O) groups excluding carboxylic acids is 1. The number of cyclic esters (lactones) is 1. The molecule has 0 amide bonds. The molecular weight excluding hydrogens is 532 g/mol. The van der Waals surface area contributed by atoms with Crippen LogP contribution in [0.1, 0.15) is 93.9 Å². The van der Waals surface area contributed by atoms with Gasteiger partial charge in [0.25, 0.3) is 0 Å². The van der Waals surface area contributed by atoms with Crippen LogP contribution < -0.4 is 0 Å². The molecule has 3 aliphatic rings. The van der Waals surface area contributed by atoms with Crippen LogP contribution in [0.15, 0.2) is 58.7 Å². The first-order chi connectivity index (χ1) is 19.8. The Morgan fingerprint density at radius 3 is 2.29 bits per heavy atom. The van der Waals surface area contributed by atoms with Crippen molar-refractivity contribution in [1.29, 1.82) is 0 Å². The van der Waals surface area contributed by atoms with E-state index < -0.39 is 36.3 Å². The molecule has 3 N–H and O–H groups in total. The summed E-state index contributed by atoms with van der Waals surface area (Å²) in [6.45, 7) is 15.7. The molecule has 3 rings (SSSR count). The van der Waals surface area contributed by atoms with Crippen molar-refractivity contribution in [1.82, 2.24) is 0 Å². The first-order valence-corrected chi connectivity index (χ1v) is 15.7. The molecule has 42 heavy (non-hydrogen) atoms. The van der Waals surface area contributed by atoms with Crippen LogP contribution in [0.2, 0.25) is 0 Å². The molecule has 7 heteroatoms. The van der Waals surface area contributed by atoms with Crippen molar-refractivity contribution in [3.8, 4) is 0 Å². The number of aliphatic hydroxyl groups is 3. The molecule has 0 aromatic rings. The van der Waals surface area contributed by atoms with E-state index in [1.54, 1.807) is 19.1 Å². The van der Waals surface area contributed by atoms with Gasteiger partial charge in [0.15, 0.2) is 6.29 Å². The Kier molecular flexibility index (Phi) is 12.4. The minimum atomic E-state index is -1.17. The van der Waals surface area contributed by atoms with Crippen LogP contribution in [0.4, 0.5) is 0 Å². The highest BCUT2D eigenvalue weighted by Gasteiger charge is 2.55. The van der Waals surface area contributed by atoms with Crippen LogP contribution in [0.5, 0.6) is 0 Å². The van der Waals surface area contributed by atoms with Gasteiger partial charge in [-0.1, -0.05) is 55.9 Å². The first kappa shape index (κ1) is 34.5. The Morgan fingerprint density at radius 2 is 1.67 bits per heavy atom. The van der Waals surface area contributed by atoms with Gasteiger partial charge in [-0.05, 0) is 90.7 Å². The molecule has 1 aliphatic carbocycles. The van der Waals surface area contributed by atoms with Gasteiger partial charge in [0.2, 0.25) is 0 Å². The Morgan fingerprint density at radius 1 is 0.976 bits per heavy atom. The predicted octanol–water partition coefficient (Wildman–Crippen LogP) is 6.10. The van der Waals surface area contributed by atoms with E-state index in [4.69, 9.17) is 14.2 Å². The van der Waals surface area contributed by atoms with Crippen molar-refractivity contribution in [2.75, 3.05) is 0 Å². The maximum atomic E-state index is 12.6. The zero-order chi connectivity index (χ0) is 31.2. The molecule has 1 saturated heterocycles. The van der Waals surface area contributed by atoms with Crippen molar-refractivity contribution in [3.05, 3.63) is 58.7 Å². The fraction of sp³-hybridized carbons (Fsp3) is 0.686. The lowest BCUT2D eigenvalue weighted by Crippen LogP contribution is -2.60. The van der Waals surface area contributed by atoms with Gasteiger partial charge in [0, 0.05) is 23.8 Å². The highest BCUT2D eigenvalue weighted by atomic mass is 16.7. The van der Waals surface area contributed by atoms with E-state index in [2.05, 4.69) is 25.2 Å². The van der Waals surface area contributed by atoms with Crippen molar-refractivity contribution in [2.45, 2.75) is 136 Å². The topological polar surface area (TPSA) is 105 Å². The predicted molar refractivity (Wildman–Crippen MR) is 165 cm³/mol. The largest absolute Gasteiger partial charge is 0.459 e. The molecule has 7 nitrogen and oxygen atoms in total. The van der Waals surface area contributed by atoms with E-state index in [0.717, 1.165) is 36.0 Å². The van der Waals surface area contributed by atoms with Gasteiger partial charge in [-0.15, -0.1) is 0 Å². The van der Waals surface area contributed by atoms with Crippen molar-refractivity contribution >= 4 is 5.97 Å². The zero-order valence-electron chi connectivity index (χ0n) is 26.9. The quantitative estimate of drug-likeness (QED) is 0.264. The molecule has 0 spiro atoms. The molecule has 2 heterocycles. The van der Waals surface area contributed by atoms with Gasteiger partial charge in [0.05, 0.1) is 23.9 Å². The molecule has 8 unspecified atom stereocenters. The second kappa shape index (κ2) is 15.1. The average molecular weight is 587 g/mol. The number of ether oxygens (including phenoxy) is 3. The summed E-state index contributed by atoms with van der Waals surface area (Å²) in [5, 5.41) is 33.3. The first-order valence-electron chi connectivity index (χ1n) is 15.7. The standard InChI is InChI=1S/C35H54O7/c1-9-25-20-23(5)28(36)14-12-11-13-22(4)33(39)40-27(10-2)18-15-21(3)19-24(6)32(25)41-34-31(38)30(37)29(26-16-17-26)35(7,8)42-34/h11-13,15,19-20,25-32,34,36-38H,9-10,14,16-18H2,1-8H3/b12-11+,21-15+,22-13+,23-20+,24-19+. The third-order valence-corrected chi connectivity index (χ3v) is 8.99. The summed E-state index contributed by atoms with van der Waals surface area (Å²) in [7, 11) is 0. The third-order valence-electron chi connectivity index (χ3n) is 8.99. The smallest absolute Gasteiger partial charge is 0.333 e. The van der Waals surface area contributed by atoms with Crippen LogP contribution >= 0.6 is 0 Å². The Bertz CT molecular complexity index is 1080. The summed E-state index contributed by atoms with van der Waals surface area (Å²) >= 11 is 0. The van der Waals surface area contributed by atoms with Gasteiger partial charge >= 0.3 is 5.97 Å². The summed E-state index contributed by atoms with van der Waals surface area (Å²) in [6, 6.07) is 0. The van der Waals surface area contributed by atoms with Gasteiger partial charge in [-0.3, -0.25) is 0 Å². The van der Waals surface area contributed by atoms with E-state index in [0.29, 0.717) is 30.8 Å². The average Bonchev–Trinajstić information content (AvgIpc) is 3.77. The van der Waals surface area contributed by atoms with Crippen LogP contribution in [-0.2, 0) is 19.0 Å². The van der Waals surface area contributed by atoms with Crippen LogP contribution in [0, 0.1) is 17.8 Å². The highest BCUT2D eigenvalue weighted by molar-refractivity contribution is 5.88. The molecule has 2 aliphatic heterocycles. The van der Waals surface area contributed by atoms with E-state index in [-0.39, 0.29) is 23.9 Å². The lowest BCUT2D eigenvalue weighted by Gasteiger charge is -2.49. The molecule has 2 fully saturated rings. The molecule has 236 valence electrons. The molecular formula is C35H54O7. The van der Waals surface area contributed by atoms with Crippen molar-refractivity contribution in [2.24, 2.45) is 17.8 Å². The number of carbonyl (C=O) groups is 1. The monoisotopic (exact) mass is 586 g/mol. The highest BCUT2D eigenvalue weighted by Crippen LogP contribution is 2.49. The van der Waals surface area contributed by atoms with Crippen molar-refractivity contribution < 1.29 is 34.3 Å². The number of hydrogen-bond acceptors (Lipinski definition) is 7. The van der Waals surface area contributed by atoms with E-state index in [1.807, 2.05) is 47.6 Å². The summed E-state index contributed by atoms with van der Waals surface area (Å²) in [5.74, 6) is -0.256. The van der Waals surface area contributed by atoms with Gasteiger partial charge < -0.3 is 29.5 Å². The van der Waals surface area contributed by atoms with Gasteiger partial charge in [-0.25, -0.2) is 4.79 Å². The summed E-state index contributed by atoms with van der Waals surface area (Å²) in [4.78, 5) is 12.6. The van der Waals surface area contributed by atoms with Crippen LogP contribution in [0.25, 0.3) is 0 Å². The molecule has 0 aromatic carbocycles. The third kappa shape index (κ3) is 8.99. The fourth-order valence-corrected chi connectivity index (χ4v) is 6.23. The zero-order valence-corrected chi connectivity index (χ0v) is 26.9. The molecule has 0 bridgehead atoms. The molecule has 0 aromatic heterocycles. The number of allylic oxidation sites excluding steroid dienone is 4. The van der Waals surface area contributed by atoms with Gasteiger partial charge in [0.1, 0.15) is 12.2 Å². The van der Waals surface area contributed by atoms with E-state index in [1.165, 1.54) is 0 Å². The maximum Gasteiger partial charge on any atom is 0.333 e. The van der Waals surface area contributed by atoms with Crippen molar-refractivity contribution in [3.63, 3.8) is 0 Å². The molecule has 1 saturated carbocycles. The molecule has 0 radical (unpaired) electrons. The summed E-state index contributed by atoms with van der Waals surface area (Å²) < 4.78 is 18.7. The Balaban J connectivity index is 1.98. The molecule has 8 atom stereocenters. The van der Waals surface area contributed by atoms with E-state index in [9.17, 15) is 20.1 Å². The number of esters is 1. The van der Waals surface area contributed by atoms with Crippen LogP contribution in [0.3, 0.4) is 0 Å². The maximum absolute atomic E-state index is 12.6. The lowest BCUT2D eigenvalue weighted by atomic mass is 9.77.